The van der Waals surface area contributed by atoms with Gasteiger partial charge in [-0.1, -0.05) is 25.1 Å². The van der Waals surface area contributed by atoms with Gasteiger partial charge in [0.2, 0.25) is 0 Å². The second-order valence-corrected chi connectivity index (χ2v) is 6.68. The summed E-state index contributed by atoms with van der Waals surface area (Å²) in [6.07, 6.45) is 0.929. The van der Waals surface area contributed by atoms with Crippen molar-refractivity contribution >= 4 is 11.5 Å². The van der Waals surface area contributed by atoms with Crippen LogP contribution in [0.2, 0.25) is 0 Å². The van der Waals surface area contributed by atoms with Crippen molar-refractivity contribution in [1.29, 1.82) is 0 Å². The fourth-order valence-electron chi connectivity index (χ4n) is 3.04. The molecule has 0 bridgehead atoms. The van der Waals surface area contributed by atoms with Gasteiger partial charge in [0.1, 0.15) is 11.6 Å². The average molecular weight is 407 g/mol. The van der Waals surface area contributed by atoms with Gasteiger partial charge in [-0.2, -0.15) is 4.52 Å². The predicted octanol–water partition coefficient (Wildman–Crippen LogP) is 4.34. The van der Waals surface area contributed by atoms with E-state index in [1.807, 2.05) is 24.3 Å². The third-order valence-electron chi connectivity index (χ3n) is 4.54. The molecular formula is C22H22FN5O2. The van der Waals surface area contributed by atoms with E-state index in [9.17, 15) is 4.39 Å². The molecule has 2 aromatic carbocycles. The summed E-state index contributed by atoms with van der Waals surface area (Å²) in [5, 5.41) is 16.0. The van der Waals surface area contributed by atoms with Crippen LogP contribution >= 0.6 is 0 Å². The van der Waals surface area contributed by atoms with Crippen molar-refractivity contribution in [1.82, 2.24) is 19.8 Å². The van der Waals surface area contributed by atoms with E-state index in [1.165, 1.54) is 10.6 Å². The van der Waals surface area contributed by atoms with Gasteiger partial charge in [-0.3, -0.25) is 0 Å². The monoisotopic (exact) mass is 407 g/mol. The standard InChI is InChI=1S/C22H22FN5O2/c1-3-12-30-18-9-8-15(13-19(18)29-2)14-24-20-10-11-21-25-26-22(28(21)27-20)16-6-4-5-7-17(16)23/h4-11,13H,3,12,14H2,1-2H3,(H,24,27). The summed E-state index contributed by atoms with van der Waals surface area (Å²) >= 11 is 0. The van der Waals surface area contributed by atoms with Crippen LogP contribution in [0.1, 0.15) is 18.9 Å². The Bertz CT molecular complexity index is 1160. The second kappa shape index (κ2) is 8.77. The molecule has 4 rings (SSSR count). The number of halogens is 1. The van der Waals surface area contributed by atoms with Gasteiger partial charge < -0.3 is 14.8 Å². The number of rotatable bonds is 8. The number of hydrogen-bond acceptors (Lipinski definition) is 6. The molecule has 0 radical (unpaired) electrons. The van der Waals surface area contributed by atoms with E-state index in [-0.39, 0.29) is 5.82 Å². The zero-order valence-electron chi connectivity index (χ0n) is 16.8. The third kappa shape index (κ3) is 4.03. The van der Waals surface area contributed by atoms with E-state index in [4.69, 9.17) is 9.47 Å². The lowest BCUT2D eigenvalue weighted by atomic mass is 10.2. The molecule has 0 aliphatic rings. The summed E-state index contributed by atoms with van der Waals surface area (Å²) < 4.78 is 26.8. The Morgan fingerprint density at radius 2 is 1.90 bits per heavy atom. The van der Waals surface area contributed by atoms with Gasteiger partial charge in [-0.15, -0.1) is 15.3 Å². The van der Waals surface area contributed by atoms with Crippen molar-refractivity contribution in [3.8, 4) is 22.9 Å². The van der Waals surface area contributed by atoms with Crippen LogP contribution in [0.3, 0.4) is 0 Å². The molecule has 0 aliphatic heterocycles. The van der Waals surface area contributed by atoms with Crippen LogP contribution < -0.4 is 14.8 Å². The van der Waals surface area contributed by atoms with Gasteiger partial charge in [-0.25, -0.2) is 4.39 Å². The first-order valence-corrected chi connectivity index (χ1v) is 9.70. The van der Waals surface area contributed by atoms with Crippen LogP contribution in [0.5, 0.6) is 11.5 Å². The molecule has 2 aromatic heterocycles. The largest absolute Gasteiger partial charge is 0.493 e. The number of fused-ring (bicyclic) bond motifs is 1. The van der Waals surface area contributed by atoms with Crippen LogP contribution in [-0.4, -0.2) is 33.5 Å². The fourth-order valence-corrected chi connectivity index (χ4v) is 3.04. The number of nitrogens with zero attached hydrogens (tertiary/aromatic N) is 4. The fraction of sp³-hybridized carbons (Fsp3) is 0.227. The van der Waals surface area contributed by atoms with Crippen LogP contribution in [0.4, 0.5) is 10.2 Å². The minimum absolute atomic E-state index is 0.349. The molecule has 30 heavy (non-hydrogen) atoms. The SMILES string of the molecule is CCCOc1ccc(CNc2ccc3nnc(-c4ccccc4F)n3n2)cc1OC. The number of anilines is 1. The summed E-state index contributed by atoms with van der Waals surface area (Å²) in [5.74, 6) is 2.01. The molecule has 0 aliphatic carbocycles. The summed E-state index contributed by atoms with van der Waals surface area (Å²) in [5.41, 5.74) is 1.90. The van der Waals surface area contributed by atoms with Gasteiger partial charge >= 0.3 is 0 Å². The molecule has 1 N–H and O–H groups in total. The Kier molecular flexibility index (Phi) is 5.74. The highest BCUT2D eigenvalue weighted by molar-refractivity contribution is 5.60. The first-order chi connectivity index (χ1) is 14.7. The second-order valence-electron chi connectivity index (χ2n) is 6.68. The van der Waals surface area contributed by atoms with Crippen molar-refractivity contribution in [3.05, 3.63) is 66.0 Å². The summed E-state index contributed by atoms with van der Waals surface area (Å²) in [6, 6.07) is 15.8. The van der Waals surface area contributed by atoms with E-state index in [0.29, 0.717) is 41.8 Å². The lowest BCUT2D eigenvalue weighted by Gasteiger charge is -2.12. The van der Waals surface area contributed by atoms with E-state index < -0.39 is 0 Å². The minimum Gasteiger partial charge on any atom is -0.493 e. The molecule has 0 saturated heterocycles. The maximum Gasteiger partial charge on any atom is 0.188 e. The zero-order chi connectivity index (χ0) is 20.9. The highest BCUT2D eigenvalue weighted by Crippen LogP contribution is 2.28. The number of methoxy groups -OCH3 is 1. The van der Waals surface area contributed by atoms with Crippen molar-refractivity contribution in [2.24, 2.45) is 0 Å². The van der Waals surface area contributed by atoms with Crippen LogP contribution in [0.15, 0.2) is 54.6 Å². The third-order valence-corrected chi connectivity index (χ3v) is 4.54. The topological polar surface area (TPSA) is 73.6 Å². The van der Waals surface area contributed by atoms with Crippen molar-refractivity contribution < 1.29 is 13.9 Å². The van der Waals surface area contributed by atoms with Crippen molar-refractivity contribution in [2.75, 3.05) is 19.0 Å². The Balaban J connectivity index is 1.55. The first kappa shape index (κ1) is 19.6. The number of hydrogen-bond donors (Lipinski definition) is 1. The summed E-state index contributed by atoms with van der Waals surface area (Å²) in [4.78, 5) is 0. The molecule has 0 unspecified atom stereocenters. The highest BCUT2D eigenvalue weighted by atomic mass is 19.1. The Hall–Kier alpha value is -3.68. The molecule has 8 heteroatoms. The molecule has 4 aromatic rings. The van der Waals surface area contributed by atoms with Gasteiger partial charge in [-0.05, 0) is 48.4 Å². The number of aromatic nitrogens is 4. The predicted molar refractivity (Wildman–Crippen MR) is 112 cm³/mol. The van der Waals surface area contributed by atoms with Gasteiger partial charge in [0.25, 0.3) is 0 Å². The first-order valence-electron chi connectivity index (χ1n) is 9.70. The van der Waals surface area contributed by atoms with Crippen LogP contribution in [0, 0.1) is 5.82 Å². The molecule has 0 saturated carbocycles. The lowest BCUT2D eigenvalue weighted by molar-refractivity contribution is 0.294. The maximum absolute atomic E-state index is 14.2. The van der Waals surface area contributed by atoms with Gasteiger partial charge in [0, 0.05) is 6.54 Å². The molecule has 2 heterocycles. The molecule has 154 valence electrons. The number of benzene rings is 2. The quantitative estimate of drug-likeness (QED) is 0.468. The van der Waals surface area contributed by atoms with Gasteiger partial charge in [0.15, 0.2) is 23.0 Å². The molecule has 7 nitrogen and oxygen atoms in total. The number of nitrogens with one attached hydrogen (secondary N) is 1. The van der Waals surface area contributed by atoms with E-state index in [2.05, 4.69) is 27.5 Å². The summed E-state index contributed by atoms with van der Waals surface area (Å²) in [7, 11) is 1.62. The maximum atomic E-state index is 14.2. The Labute approximate surface area is 173 Å². The molecule has 0 fully saturated rings. The van der Waals surface area contributed by atoms with Crippen LogP contribution in [-0.2, 0) is 6.54 Å². The normalized spacial score (nSPS) is 10.9. The summed E-state index contributed by atoms with van der Waals surface area (Å²) in [6.45, 7) is 3.23. The lowest BCUT2D eigenvalue weighted by Crippen LogP contribution is -2.06. The number of ether oxygens (including phenoxy) is 2. The van der Waals surface area contributed by atoms with Crippen molar-refractivity contribution in [3.63, 3.8) is 0 Å². The highest BCUT2D eigenvalue weighted by Gasteiger charge is 2.13. The smallest absolute Gasteiger partial charge is 0.188 e. The molecule has 0 spiro atoms. The van der Waals surface area contributed by atoms with E-state index >= 15 is 0 Å². The Morgan fingerprint density at radius 1 is 1.03 bits per heavy atom. The van der Waals surface area contributed by atoms with Crippen LogP contribution in [0.25, 0.3) is 17.0 Å². The van der Waals surface area contributed by atoms with Crippen molar-refractivity contribution in [2.45, 2.75) is 19.9 Å². The molecular weight excluding hydrogens is 385 g/mol. The Morgan fingerprint density at radius 3 is 2.70 bits per heavy atom. The molecule has 0 atom stereocenters. The average Bonchev–Trinajstić information content (AvgIpc) is 3.20. The van der Waals surface area contributed by atoms with E-state index in [1.54, 1.807) is 31.4 Å². The van der Waals surface area contributed by atoms with E-state index in [0.717, 1.165) is 17.7 Å². The zero-order valence-corrected chi connectivity index (χ0v) is 16.8. The minimum atomic E-state index is -0.371. The molecule has 0 amide bonds. The van der Waals surface area contributed by atoms with Gasteiger partial charge in [0.05, 0.1) is 19.3 Å².